The van der Waals surface area contributed by atoms with Gasteiger partial charge in [0.15, 0.2) is 5.78 Å². The van der Waals surface area contributed by atoms with Crippen LogP contribution in [0, 0.1) is 0 Å². The molecular formula is C13H9Cl2NO. The highest BCUT2D eigenvalue weighted by molar-refractivity contribution is 6.36. The average Bonchev–Trinajstić information content (AvgIpc) is 2.35. The number of carbonyl (C=O) groups excluding carboxylic acids is 1. The van der Waals surface area contributed by atoms with Gasteiger partial charge in [-0.15, -0.1) is 0 Å². The van der Waals surface area contributed by atoms with Crippen LogP contribution in [0.25, 0.3) is 0 Å². The van der Waals surface area contributed by atoms with Crippen molar-refractivity contribution >= 4 is 29.0 Å². The zero-order valence-electron chi connectivity index (χ0n) is 8.86. The maximum atomic E-state index is 11.9. The Kier molecular flexibility index (Phi) is 3.77. The summed E-state index contributed by atoms with van der Waals surface area (Å²) < 4.78 is 0. The molecule has 86 valence electrons. The second-order valence-corrected chi connectivity index (χ2v) is 4.33. The summed E-state index contributed by atoms with van der Waals surface area (Å²) in [5.74, 6) is -0.0967. The van der Waals surface area contributed by atoms with Crippen molar-refractivity contribution in [2.75, 3.05) is 0 Å². The molecule has 17 heavy (non-hydrogen) atoms. The van der Waals surface area contributed by atoms with Gasteiger partial charge in [0, 0.05) is 22.7 Å². The number of carbonyl (C=O) groups is 1. The lowest BCUT2D eigenvalue weighted by Gasteiger charge is -2.05. The summed E-state index contributed by atoms with van der Waals surface area (Å²) in [5.41, 5.74) is 1.06. The van der Waals surface area contributed by atoms with Crippen molar-refractivity contribution in [1.82, 2.24) is 4.98 Å². The first kappa shape index (κ1) is 12.1. The predicted octanol–water partition coefficient (Wildman–Crippen LogP) is 3.81. The highest BCUT2D eigenvalue weighted by Crippen LogP contribution is 2.25. The Hall–Kier alpha value is -1.38. The van der Waals surface area contributed by atoms with Gasteiger partial charge in [-0.05, 0) is 29.8 Å². The van der Waals surface area contributed by atoms with Crippen molar-refractivity contribution in [1.29, 1.82) is 0 Å². The Morgan fingerprint density at radius 1 is 1.06 bits per heavy atom. The van der Waals surface area contributed by atoms with Crippen LogP contribution in [0.15, 0.2) is 42.6 Å². The third-order valence-corrected chi connectivity index (χ3v) is 3.06. The van der Waals surface area contributed by atoms with Crippen molar-refractivity contribution in [3.05, 3.63) is 63.9 Å². The van der Waals surface area contributed by atoms with Crippen LogP contribution in [-0.2, 0) is 6.42 Å². The monoisotopic (exact) mass is 265 g/mol. The minimum atomic E-state index is -0.0967. The van der Waals surface area contributed by atoms with Gasteiger partial charge in [-0.3, -0.25) is 9.78 Å². The van der Waals surface area contributed by atoms with Crippen LogP contribution in [0.1, 0.15) is 16.1 Å². The minimum absolute atomic E-state index is 0.0967. The highest BCUT2D eigenvalue weighted by Gasteiger charge is 2.12. The van der Waals surface area contributed by atoms with Crippen molar-refractivity contribution in [2.24, 2.45) is 0 Å². The van der Waals surface area contributed by atoms with Crippen molar-refractivity contribution in [2.45, 2.75) is 6.42 Å². The SMILES string of the molecule is O=C(Cc1c(Cl)cccc1Cl)c1ccccn1. The molecule has 0 bridgehead atoms. The van der Waals surface area contributed by atoms with E-state index >= 15 is 0 Å². The molecule has 1 heterocycles. The van der Waals surface area contributed by atoms with E-state index in [-0.39, 0.29) is 12.2 Å². The molecule has 0 atom stereocenters. The van der Waals surface area contributed by atoms with Gasteiger partial charge < -0.3 is 0 Å². The third kappa shape index (κ3) is 2.84. The zero-order valence-corrected chi connectivity index (χ0v) is 10.4. The molecule has 2 nitrogen and oxygen atoms in total. The number of ketones is 1. The summed E-state index contributed by atoms with van der Waals surface area (Å²) >= 11 is 12.0. The maximum absolute atomic E-state index is 11.9. The number of rotatable bonds is 3. The summed E-state index contributed by atoms with van der Waals surface area (Å²) in [6.07, 6.45) is 1.75. The molecule has 0 aliphatic carbocycles. The molecule has 0 saturated heterocycles. The van der Waals surface area contributed by atoms with Gasteiger partial charge in [-0.2, -0.15) is 0 Å². The molecule has 0 aliphatic heterocycles. The largest absolute Gasteiger partial charge is 0.292 e. The Morgan fingerprint density at radius 3 is 2.35 bits per heavy atom. The van der Waals surface area contributed by atoms with Gasteiger partial charge in [0.25, 0.3) is 0 Å². The Bertz CT molecular complexity index is 520. The second kappa shape index (κ2) is 5.30. The number of aromatic nitrogens is 1. The number of hydrogen-bond acceptors (Lipinski definition) is 2. The molecule has 0 aliphatic rings. The first-order chi connectivity index (χ1) is 8.18. The van der Waals surface area contributed by atoms with E-state index in [0.29, 0.717) is 21.3 Å². The fourth-order valence-electron chi connectivity index (χ4n) is 1.48. The van der Waals surface area contributed by atoms with Gasteiger partial charge in [0.2, 0.25) is 0 Å². The fraction of sp³-hybridized carbons (Fsp3) is 0.0769. The van der Waals surface area contributed by atoms with Crippen LogP contribution in [0.4, 0.5) is 0 Å². The topological polar surface area (TPSA) is 30.0 Å². The van der Waals surface area contributed by atoms with Crippen molar-refractivity contribution < 1.29 is 4.79 Å². The summed E-state index contributed by atoms with van der Waals surface area (Å²) in [7, 11) is 0. The van der Waals surface area contributed by atoms with Crippen LogP contribution in [0.2, 0.25) is 10.0 Å². The van der Waals surface area contributed by atoms with E-state index in [1.165, 1.54) is 0 Å². The first-order valence-corrected chi connectivity index (χ1v) is 5.81. The molecule has 1 aromatic carbocycles. The number of Topliss-reactive ketones (excluding diaryl/α,β-unsaturated/α-hetero) is 1. The van der Waals surface area contributed by atoms with Gasteiger partial charge in [-0.1, -0.05) is 35.3 Å². The molecule has 0 amide bonds. The van der Waals surface area contributed by atoms with E-state index in [1.807, 2.05) is 0 Å². The van der Waals surface area contributed by atoms with Crippen LogP contribution in [0.5, 0.6) is 0 Å². The van der Waals surface area contributed by atoms with E-state index < -0.39 is 0 Å². The molecule has 0 unspecified atom stereocenters. The number of pyridine rings is 1. The van der Waals surface area contributed by atoms with Gasteiger partial charge in [0.1, 0.15) is 5.69 Å². The van der Waals surface area contributed by atoms with Gasteiger partial charge in [-0.25, -0.2) is 0 Å². The molecule has 2 rings (SSSR count). The van der Waals surface area contributed by atoms with E-state index in [4.69, 9.17) is 23.2 Å². The molecule has 1 aromatic heterocycles. The zero-order chi connectivity index (χ0) is 12.3. The standard InChI is InChI=1S/C13H9Cl2NO/c14-10-4-3-5-11(15)9(10)8-13(17)12-6-1-2-7-16-12/h1-7H,8H2. The lowest BCUT2D eigenvalue weighted by Crippen LogP contribution is -2.06. The highest BCUT2D eigenvalue weighted by atomic mass is 35.5. The van der Waals surface area contributed by atoms with Crippen molar-refractivity contribution in [3.63, 3.8) is 0 Å². The van der Waals surface area contributed by atoms with E-state index in [1.54, 1.807) is 42.6 Å². The summed E-state index contributed by atoms with van der Waals surface area (Å²) in [5, 5.41) is 1.00. The lowest BCUT2D eigenvalue weighted by atomic mass is 10.1. The van der Waals surface area contributed by atoms with Crippen LogP contribution < -0.4 is 0 Å². The number of hydrogen-bond donors (Lipinski definition) is 0. The van der Waals surface area contributed by atoms with E-state index in [0.717, 1.165) is 0 Å². The number of nitrogens with zero attached hydrogens (tertiary/aromatic N) is 1. The van der Waals surface area contributed by atoms with E-state index in [9.17, 15) is 4.79 Å². The molecule has 4 heteroatoms. The van der Waals surface area contributed by atoms with Crippen LogP contribution in [-0.4, -0.2) is 10.8 Å². The Labute approximate surface area is 109 Å². The van der Waals surface area contributed by atoms with Gasteiger partial charge >= 0.3 is 0 Å². The van der Waals surface area contributed by atoms with Crippen LogP contribution in [0.3, 0.4) is 0 Å². The first-order valence-electron chi connectivity index (χ1n) is 5.05. The number of benzene rings is 1. The molecular weight excluding hydrogens is 257 g/mol. The minimum Gasteiger partial charge on any atom is -0.292 e. The summed E-state index contributed by atoms with van der Waals surface area (Å²) in [6.45, 7) is 0. The second-order valence-electron chi connectivity index (χ2n) is 3.52. The Morgan fingerprint density at radius 2 is 1.76 bits per heavy atom. The average molecular weight is 266 g/mol. The molecule has 0 radical (unpaired) electrons. The number of halogens is 2. The molecule has 0 fully saturated rings. The molecule has 2 aromatic rings. The van der Waals surface area contributed by atoms with E-state index in [2.05, 4.69) is 4.98 Å². The predicted molar refractivity (Wildman–Crippen MR) is 68.7 cm³/mol. The summed E-state index contributed by atoms with van der Waals surface area (Å²) in [6, 6.07) is 10.4. The van der Waals surface area contributed by atoms with Gasteiger partial charge in [0.05, 0.1) is 0 Å². The van der Waals surface area contributed by atoms with Crippen molar-refractivity contribution in [3.8, 4) is 0 Å². The fourth-order valence-corrected chi connectivity index (χ4v) is 2.01. The molecule has 0 N–H and O–H groups in total. The summed E-state index contributed by atoms with van der Waals surface area (Å²) in [4.78, 5) is 15.9. The molecule has 0 spiro atoms. The van der Waals surface area contributed by atoms with Crippen LogP contribution >= 0.6 is 23.2 Å². The third-order valence-electron chi connectivity index (χ3n) is 2.35. The maximum Gasteiger partial charge on any atom is 0.185 e. The quantitative estimate of drug-likeness (QED) is 0.790. The lowest BCUT2D eigenvalue weighted by molar-refractivity contribution is 0.0988. The normalized spacial score (nSPS) is 10.2. The Balaban J connectivity index is 2.25. The molecule has 0 saturated carbocycles. The smallest absolute Gasteiger partial charge is 0.185 e.